The Hall–Kier alpha value is -2.85. The molecular weight excluding hydrogens is 398 g/mol. The van der Waals surface area contributed by atoms with Crippen molar-refractivity contribution in [2.75, 3.05) is 0 Å². The Bertz CT molecular complexity index is 1090. The Morgan fingerprint density at radius 3 is 2.57 bits per heavy atom. The Labute approximate surface area is 161 Å². The molecule has 0 fully saturated rings. The Balaban J connectivity index is 1.78. The van der Waals surface area contributed by atoms with Crippen molar-refractivity contribution in [2.45, 2.75) is 25.5 Å². The second-order valence-electron chi connectivity index (χ2n) is 6.01. The highest BCUT2D eigenvalue weighted by Gasteiger charge is 2.19. The molecule has 0 amide bonds. The van der Waals surface area contributed by atoms with Crippen molar-refractivity contribution in [3.63, 3.8) is 0 Å². The summed E-state index contributed by atoms with van der Waals surface area (Å²) in [5.41, 5.74) is -1.91. The molecule has 8 nitrogen and oxygen atoms in total. The van der Waals surface area contributed by atoms with Gasteiger partial charge in [-0.3, -0.25) is 13.9 Å². The molecule has 1 aromatic carbocycles. The number of hydrogen-bond donors (Lipinski definition) is 1. The molecule has 1 N–H and O–H groups in total. The largest absolute Gasteiger partial charge is 0.388 e. The molecular formula is C17H15ClF2N4O4. The summed E-state index contributed by atoms with van der Waals surface area (Å²) in [7, 11) is 1.14. The molecule has 3 rings (SSSR count). The molecule has 2 aromatic heterocycles. The van der Waals surface area contributed by atoms with Gasteiger partial charge in [-0.05, 0) is 17.7 Å². The zero-order valence-electron chi connectivity index (χ0n) is 14.6. The maximum atomic E-state index is 12.9. The van der Waals surface area contributed by atoms with Gasteiger partial charge in [0.25, 0.3) is 12.0 Å². The summed E-state index contributed by atoms with van der Waals surface area (Å²) in [5, 5.41) is 14.5. The molecule has 0 aliphatic heterocycles. The highest BCUT2D eigenvalue weighted by Crippen LogP contribution is 2.19. The molecule has 28 heavy (non-hydrogen) atoms. The summed E-state index contributed by atoms with van der Waals surface area (Å²) in [6.45, 7) is -0.376. The summed E-state index contributed by atoms with van der Waals surface area (Å²) in [5.74, 6) is 0.0915. The molecule has 0 unspecified atom stereocenters. The number of aliphatic hydroxyl groups excluding tert-OH is 1. The first-order valence-corrected chi connectivity index (χ1v) is 8.48. The van der Waals surface area contributed by atoms with E-state index in [1.807, 2.05) is 0 Å². The van der Waals surface area contributed by atoms with Gasteiger partial charge in [0.1, 0.15) is 6.54 Å². The SMILES string of the molecule is Cn1c(C(F)F)cc(=O)n(Cc2nc(C[C@H](O)c3ccc(Cl)cc3)no2)c1=O. The number of hydrogen-bond acceptors (Lipinski definition) is 6. The first-order valence-electron chi connectivity index (χ1n) is 8.10. The molecule has 0 saturated carbocycles. The van der Waals surface area contributed by atoms with Crippen LogP contribution in [0.5, 0.6) is 0 Å². The average molecular weight is 413 g/mol. The fraction of sp³-hybridized carbons (Fsp3) is 0.294. The lowest BCUT2D eigenvalue weighted by molar-refractivity contribution is 0.139. The minimum Gasteiger partial charge on any atom is -0.388 e. The monoisotopic (exact) mass is 412 g/mol. The molecule has 148 valence electrons. The van der Waals surface area contributed by atoms with Crippen molar-refractivity contribution in [1.29, 1.82) is 0 Å². The van der Waals surface area contributed by atoms with E-state index < -0.39 is 29.5 Å². The van der Waals surface area contributed by atoms with E-state index in [1.54, 1.807) is 24.3 Å². The molecule has 1 atom stereocenters. The van der Waals surface area contributed by atoms with E-state index in [9.17, 15) is 23.5 Å². The smallest absolute Gasteiger partial charge is 0.331 e. The van der Waals surface area contributed by atoms with Gasteiger partial charge in [0.15, 0.2) is 5.82 Å². The lowest BCUT2D eigenvalue weighted by atomic mass is 10.1. The Kier molecular flexibility index (Phi) is 5.71. The molecule has 0 aliphatic carbocycles. The standard InChI is InChI=1S/C17H15ClF2N4O4/c1-23-11(16(19)20)6-15(26)24(17(23)27)8-14-21-13(22-28-14)7-12(25)9-2-4-10(18)5-3-9/h2-6,12,16,25H,7-8H2,1H3/t12-/m0/s1. The first kappa shape index (κ1) is 19.9. The van der Waals surface area contributed by atoms with Crippen molar-refractivity contribution in [3.05, 3.63) is 79.2 Å². The fourth-order valence-corrected chi connectivity index (χ4v) is 2.72. The van der Waals surface area contributed by atoms with Gasteiger partial charge >= 0.3 is 5.69 Å². The van der Waals surface area contributed by atoms with Crippen LogP contribution in [0.25, 0.3) is 0 Å². The third kappa shape index (κ3) is 4.18. The number of benzene rings is 1. The predicted octanol–water partition coefficient (Wildman–Crippen LogP) is 1.85. The highest BCUT2D eigenvalue weighted by molar-refractivity contribution is 6.30. The molecule has 11 heteroatoms. The van der Waals surface area contributed by atoms with Crippen LogP contribution in [0.3, 0.4) is 0 Å². The lowest BCUT2D eigenvalue weighted by Crippen LogP contribution is -2.40. The van der Waals surface area contributed by atoms with Crippen molar-refractivity contribution in [1.82, 2.24) is 19.3 Å². The van der Waals surface area contributed by atoms with Crippen LogP contribution in [0.4, 0.5) is 8.78 Å². The van der Waals surface area contributed by atoms with Crippen molar-refractivity contribution in [2.24, 2.45) is 7.05 Å². The summed E-state index contributed by atoms with van der Waals surface area (Å²) in [6.07, 6.45) is -3.84. The van der Waals surface area contributed by atoms with E-state index in [-0.39, 0.29) is 24.7 Å². The van der Waals surface area contributed by atoms with Crippen LogP contribution in [0, 0.1) is 0 Å². The highest BCUT2D eigenvalue weighted by atomic mass is 35.5. The molecule has 3 aromatic rings. The predicted molar refractivity (Wildman–Crippen MR) is 94.4 cm³/mol. The van der Waals surface area contributed by atoms with Gasteiger partial charge in [-0.2, -0.15) is 4.98 Å². The number of halogens is 3. The van der Waals surface area contributed by atoms with Crippen LogP contribution < -0.4 is 11.2 Å². The first-order chi connectivity index (χ1) is 13.3. The normalized spacial score (nSPS) is 12.5. The minimum absolute atomic E-state index is 0.0301. The second kappa shape index (κ2) is 8.03. The van der Waals surface area contributed by atoms with Crippen LogP contribution in [0.1, 0.15) is 35.5 Å². The molecule has 2 heterocycles. The lowest BCUT2D eigenvalue weighted by Gasteiger charge is -2.09. The minimum atomic E-state index is -2.95. The zero-order chi connectivity index (χ0) is 20.4. The van der Waals surface area contributed by atoms with Crippen LogP contribution in [0.15, 0.2) is 44.4 Å². The number of nitrogens with zero attached hydrogens (tertiary/aromatic N) is 4. The number of aromatic nitrogens is 4. The fourth-order valence-electron chi connectivity index (χ4n) is 2.59. The van der Waals surface area contributed by atoms with Gasteiger partial charge in [-0.25, -0.2) is 13.6 Å². The summed E-state index contributed by atoms with van der Waals surface area (Å²) < 4.78 is 32.1. The quantitative estimate of drug-likeness (QED) is 0.662. The number of aliphatic hydroxyl groups is 1. The van der Waals surface area contributed by atoms with E-state index in [0.717, 1.165) is 7.05 Å². The van der Waals surface area contributed by atoms with E-state index in [2.05, 4.69) is 10.1 Å². The molecule has 0 bridgehead atoms. The molecule has 0 aliphatic rings. The number of rotatable bonds is 6. The van der Waals surface area contributed by atoms with Crippen LogP contribution in [0.2, 0.25) is 5.02 Å². The Morgan fingerprint density at radius 1 is 1.25 bits per heavy atom. The van der Waals surface area contributed by atoms with Crippen LogP contribution >= 0.6 is 11.6 Å². The van der Waals surface area contributed by atoms with Gasteiger partial charge in [-0.15, -0.1) is 0 Å². The Morgan fingerprint density at radius 2 is 1.93 bits per heavy atom. The van der Waals surface area contributed by atoms with E-state index in [0.29, 0.717) is 25.8 Å². The van der Waals surface area contributed by atoms with E-state index in [4.69, 9.17) is 16.1 Å². The molecule has 0 radical (unpaired) electrons. The average Bonchev–Trinajstić information content (AvgIpc) is 3.09. The maximum absolute atomic E-state index is 12.9. The topological polar surface area (TPSA) is 103 Å². The van der Waals surface area contributed by atoms with E-state index >= 15 is 0 Å². The van der Waals surface area contributed by atoms with Crippen molar-refractivity contribution >= 4 is 11.6 Å². The summed E-state index contributed by atoms with van der Waals surface area (Å²) >= 11 is 5.80. The van der Waals surface area contributed by atoms with Crippen molar-refractivity contribution < 1.29 is 18.4 Å². The summed E-state index contributed by atoms with van der Waals surface area (Å²) in [4.78, 5) is 28.2. The number of alkyl halides is 2. The van der Waals surface area contributed by atoms with Gasteiger partial charge < -0.3 is 9.63 Å². The van der Waals surface area contributed by atoms with Crippen LogP contribution in [-0.4, -0.2) is 24.4 Å². The third-order valence-electron chi connectivity index (χ3n) is 4.10. The van der Waals surface area contributed by atoms with Gasteiger partial charge in [0.2, 0.25) is 5.89 Å². The second-order valence-corrected chi connectivity index (χ2v) is 6.45. The molecule has 0 spiro atoms. The van der Waals surface area contributed by atoms with Crippen LogP contribution in [-0.2, 0) is 20.0 Å². The summed E-state index contributed by atoms with van der Waals surface area (Å²) in [6, 6.07) is 7.26. The van der Waals surface area contributed by atoms with Gasteiger partial charge in [0.05, 0.1) is 11.8 Å². The van der Waals surface area contributed by atoms with E-state index in [1.165, 1.54) is 0 Å². The zero-order valence-corrected chi connectivity index (χ0v) is 15.3. The van der Waals surface area contributed by atoms with Gasteiger partial charge in [0, 0.05) is 24.6 Å². The van der Waals surface area contributed by atoms with Gasteiger partial charge in [-0.1, -0.05) is 28.9 Å². The third-order valence-corrected chi connectivity index (χ3v) is 4.35. The molecule has 0 saturated heterocycles. The van der Waals surface area contributed by atoms with Crippen molar-refractivity contribution in [3.8, 4) is 0 Å². The maximum Gasteiger partial charge on any atom is 0.331 e.